The van der Waals surface area contributed by atoms with Gasteiger partial charge in [0.15, 0.2) is 0 Å². The summed E-state index contributed by atoms with van der Waals surface area (Å²) in [4.78, 5) is 0. The second-order valence-electron chi connectivity index (χ2n) is 7.48. The number of benzene rings is 3. The predicted octanol–water partition coefficient (Wildman–Crippen LogP) is 5.12. The van der Waals surface area contributed by atoms with Crippen LogP contribution in [0.1, 0.15) is 24.3 Å². The fourth-order valence-electron chi connectivity index (χ4n) is 4.64. The van der Waals surface area contributed by atoms with E-state index >= 15 is 0 Å². The zero-order chi connectivity index (χ0) is 17.3. The Kier molecular flexibility index (Phi) is 4.23. The topological polar surface area (TPSA) is 0 Å². The van der Waals surface area contributed by atoms with Gasteiger partial charge in [-0.2, -0.15) is 0 Å². The average molecular weight is 354 g/mol. The second kappa shape index (κ2) is 6.86. The quantitative estimate of drug-likeness (QED) is 0.450. The van der Waals surface area contributed by atoms with Crippen molar-refractivity contribution < 1.29 is 0 Å². The molecule has 0 amide bonds. The van der Waals surface area contributed by atoms with Crippen molar-refractivity contribution in [3.63, 3.8) is 0 Å². The smallest absolute Gasteiger partial charge is 0.00932 e. The Balaban J connectivity index is 1.50. The van der Waals surface area contributed by atoms with E-state index in [9.17, 15) is 0 Å². The number of hydrogen-bond acceptors (Lipinski definition) is 0. The van der Waals surface area contributed by atoms with Crippen LogP contribution in [0.3, 0.4) is 0 Å². The highest BCUT2D eigenvalue weighted by Crippen LogP contribution is 2.48. The Morgan fingerprint density at radius 2 is 1.15 bits per heavy atom. The summed E-state index contributed by atoms with van der Waals surface area (Å²) in [6.45, 7) is 0. The van der Waals surface area contributed by atoms with Crippen molar-refractivity contribution in [3.8, 4) is 0 Å². The highest BCUT2D eigenvalue weighted by molar-refractivity contribution is 7.79. The van der Waals surface area contributed by atoms with Crippen molar-refractivity contribution in [2.24, 2.45) is 11.8 Å². The first-order valence-corrected chi connectivity index (χ1v) is 10.9. The second-order valence-corrected chi connectivity index (χ2v) is 9.70. The van der Waals surface area contributed by atoms with E-state index in [1.165, 1.54) is 34.3 Å². The molecule has 0 aromatic heterocycles. The van der Waals surface area contributed by atoms with E-state index in [4.69, 9.17) is 0 Å². The van der Waals surface area contributed by atoms with E-state index in [0.717, 1.165) is 17.8 Å². The van der Waals surface area contributed by atoms with Crippen molar-refractivity contribution in [2.75, 3.05) is 0 Å². The summed E-state index contributed by atoms with van der Waals surface area (Å²) in [7, 11) is -0.490. The van der Waals surface area contributed by atoms with Crippen LogP contribution in [0, 0.1) is 11.8 Å². The lowest BCUT2D eigenvalue weighted by atomic mass is 9.87. The third kappa shape index (κ3) is 2.93. The molecule has 3 aromatic carbocycles. The van der Waals surface area contributed by atoms with Crippen molar-refractivity contribution in [2.45, 2.75) is 18.8 Å². The molecule has 1 saturated carbocycles. The zero-order valence-electron chi connectivity index (χ0n) is 14.8. The van der Waals surface area contributed by atoms with Gasteiger partial charge in [-0.3, -0.25) is 0 Å². The molecular formula is C25H23P. The van der Waals surface area contributed by atoms with Gasteiger partial charge in [0.2, 0.25) is 0 Å². The largest absolute Gasteiger partial charge is 0.0851 e. The van der Waals surface area contributed by atoms with Crippen LogP contribution in [-0.2, 0) is 0 Å². The molecular weight excluding hydrogens is 331 g/mol. The number of hydrogen-bond donors (Lipinski definition) is 0. The van der Waals surface area contributed by atoms with Gasteiger partial charge in [0.1, 0.15) is 0 Å². The lowest BCUT2D eigenvalue weighted by Gasteiger charge is -2.22. The molecule has 0 aliphatic heterocycles. The van der Waals surface area contributed by atoms with Gasteiger partial charge < -0.3 is 0 Å². The van der Waals surface area contributed by atoms with Gasteiger partial charge in [0, 0.05) is 0 Å². The molecule has 3 aromatic rings. The lowest BCUT2D eigenvalue weighted by Crippen LogP contribution is -2.20. The molecule has 1 fully saturated rings. The molecule has 0 spiro atoms. The molecule has 0 saturated heterocycles. The standard InChI is InChI=1S/C25H23P/c1-3-7-22(8-4-1)26(23-9-5-2-6-10-23)24-15-13-20(14-16-24)25-18-19-11-12-21(25)17-19/h1-16,19,21,25H,17-18H2/t19-,21+,25?/m1/s1. The molecule has 2 aliphatic rings. The molecule has 2 aliphatic carbocycles. The molecule has 1 unspecified atom stereocenters. The minimum absolute atomic E-state index is 0.490. The van der Waals surface area contributed by atoms with Gasteiger partial charge in [0.25, 0.3) is 0 Å². The molecule has 128 valence electrons. The van der Waals surface area contributed by atoms with E-state index in [0.29, 0.717) is 0 Å². The molecule has 5 rings (SSSR count). The molecule has 3 atom stereocenters. The highest BCUT2D eigenvalue weighted by Gasteiger charge is 2.36. The molecule has 2 bridgehead atoms. The fraction of sp³-hybridized carbons (Fsp3) is 0.200. The first kappa shape index (κ1) is 16.0. The Morgan fingerprint density at radius 1 is 0.577 bits per heavy atom. The van der Waals surface area contributed by atoms with E-state index in [-0.39, 0.29) is 0 Å². The third-order valence-electron chi connectivity index (χ3n) is 5.89. The molecule has 0 N–H and O–H groups in total. The normalized spacial score (nSPS) is 23.7. The summed E-state index contributed by atoms with van der Waals surface area (Å²) in [5.74, 6) is 2.34. The van der Waals surface area contributed by atoms with Gasteiger partial charge in [0.05, 0.1) is 0 Å². The molecule has 0 nitrogen and oxygen atoms in total. The van der Waals surface area contributed by atoms with Crippen molar-refractivity contribution in [1.82, 2.24) is 0 Å². The van der Waals surface area contributed by atoms with Gasteiger partial charge in [-0.25, -0.2) is 0 Å². The summed E-state index contributed by atoms with van der Waals surface area (Å²) < 4.78 is 0. The van der Waals surface area contributed by atoms with Gasteiger partial charge >= 0.3 is 0 Å². The molecule has 26 heavy (non-hydrogen) atoms. The summed E-state index contributed by atoms with van der Waals surface area (Å²) in [5, 5.41) is 4.29. The van der Waals surface area contributed by atoms with E-state index in [1.807, 2.05) is 0 Å². The minimum Gasteiger partial charge on any atom is -0.0851 e. The van der Waals surface area contributed by atoms with Gasteiger partial charge in [-0.1, -0.05) is 97.1 Å². The van der Waals surface area contributed by atoms with Crippen LogP contribution in [0.5, 0.6) is 0 Å². The van der Waals surface area contributed by atoms with Crippen LogP contribution in [0.15, 0.2) is 97.1 Å². The average Bonchev–Trinajstić information content (AvgIpc) is 3.34. The van der Waals surface area contributed by atoms with Crippen molar-refractivity contribution in [3.05, 3.63) is 103 Å². The third-order valence-corrected chi connectivity index (χ3v) is 8.33. The molecule has 0 radical (unpaired) electrons. The first-order valence-electron chi connectivity index (χ1n) is 9.57. The van der Waals surface area contributed by atoms with Crippen LogP contribution in [0.2, 0.25) is 0 Å². The Morgan fingerprint density at radius 3 is 1.65 bits per heavy atom. The SMILES string of the molecule is C1=C[C@H]2C[C@@H]1CC2c1ccc(P(c2ccccc2)c2ccccc2)cc1. The number of rotatable bonds is 4. The summed E-state index contributed by atoms with van der Waals surface area (Å²) >= 11 is 0. The van der Waals surface area contributed by atoms with E-state index in [2.05, 4.69) is 97.1 Å². The van der Waals surface area contributed by atoms with Gasteiger partial charge in [-0.05, 0) is 60.0 Å². The maximum Gasteiger partial charge on any atom is -0.00932 e. The maximum atomic E-state index is 2.45. The molecule has 1 heteroatoms. The zero-order valence-corrected chi connectivity index (χ0v) is 15.7. The van der Waals surface area contributed by atoms with Crippen molar-refractivity contribution in [1.29, 1.82) is 0 Å². The minimum atomic E-state index is -0.490. The summed E-state index contributed by atoms with van der Waals surface area (Å²) in [6, 6.07) is 31.5. The van der Waals surface area contributed by atoms with Crippen LogP contribution in [-0.4, -0.2) is 0 Å². The predicted molar refractivity (Wildman–Crippen MR) is 113 cm³/mol. The van der Waals surface area contributed by atoms with Crippen molar-refractivity contribution >= 4 is 23.8 Å². The number of fused-ring (bicyclic) bond motifs is 2. The van der Waals surface area contributed by atoms with Crippen LogP contribution in [0.4, 0.5) is 0 Å². The van der Waals surface area contributed by atoms with E-state index < -0.39 is 7.92 Å². The monoisotopic (exact) mass is 354 g/mol. The Hall–Kier alpha value is -2.17. The van der Waals surface area contributed by atoms with Crippen LogP contribution in [0.25, 0.3) is 0 Å². The fourth-order valence-corrected chi connectivity index (χ4v) is 6.92. The maximum absolute atomic E-state index is 2.45. The van der Waals surface area contributed by atoms with Gasteiger partial charge in [-0.15, -0.1) is 0 Å². The molecule has 0 heterocycles. The Labute approximate surface area is 157 Å². The number of allylic oxidation sites excluding steroid dienone is 2. The summed E-state index contributed by atoms with van der Waals surface area (Å²) in [5.41, 5.74) is 1.53. The highest BCUT2D eigenvalue weighted by atomic mass is 31.1. The van der Waals surface area contributed by atoms with Crippen LogP contribution < -0.4 is 15.9 Å². The first-order chi connectivity index (χ1) is 12.9. The van der Waals surface area contributed by atoms with E-state index in [1.54, 1.807) is 0 Å². The van der Waals surface area contributed by atoms with Crippen LogP contribution >= 0.6 is 7.92 Å². The Bertz CT molecular complexity index is 856. The lowest BCUT2D eigenvalue weighted by molar-refractivity contribution is 0.586. The summed E-state index contributed by atoms with van der Waals surface area (Å²) in [6.07, 6.45) is 7.59.